The first-order chi connectivity index (χ1) is 11.2. The van der Waals surface area contributed by atoms with Gasteiger partial charge in [0.05, 0.1) is 13.2 Å². The summed E-state index contributed by atoms with van der Waals surface area (Å²) in [4.78, 5) is 3.54. The van der Waals surface area contributed by atoms with Gasteiger partial charge in [-0.2, -0.15) is 0 Å². The van der Waals surface area contributed by atoms with Gasteiger partial charge in [0.1, 0.15) is 6.10 Å². The molecule has 0 amide bonds. The van der Waals surface area contributed by atoms with Crippen LogP contribution in [-0.4, -0.2) is 42.9 Å². The molecule has 0 saturated carbocycles. The number of benzene rings is 1. The largest absolute Gasteiger partial charge is 0.393 e. The minimum Gasteiger partial charge on any atom is -0.393 e. The van der Waals surface area contributed by atoms with E-state index >= 15 is 0 Å². The number of aryl methyl sites for hydroxylation is 1. The zero-order chi connectivity index (χ0) is 16.7. The highest BCUT2D eigenvalue weighted by Gasteiger charge is 2.19. The van der Waals surface area contributed by atoms with E-state index in [4.69, 9.17) is 4.74 Å². The summed E-state index contributed by atoms with van der Waals surface area (Å²) in [6.45, 7) is 9.97. The Labute approximate surface area is 155 Å². The first kappa shape index (κ1) is 21.1. The lowest BCUT2D eigenvalue weighted by molar-refractivity contribution is 0.00259. The lowest BCUT2D eigenvalue weighted by Gasteiger charge is -2.23. The maximum absolute atomic E-state index is 9.87. The van der Waals surface area contributed by atoms with Crippen molar-refractivity contribution in [1.29, 1.82) is 0 Å². The first-order valence-corrected chi connectivity index (χ1v) is 9.17. The van der Waals surface area contributed by atoms with Gasteiger partial charge in [0.25, 0.3) is 0 Å². The summed E-state index contributed by atoms with van der Waals surface area (Å²) in [7, 11) is 0. The van der Waals surface area contributed by atoms with Gasteiger partial charge in [0.15, 0.2) is 0 Å². The Hall–Kier alpha value is -0.910. The average molecular weight is 370 g/mol. The lowest BCUT2D eigenvalue weighted by atomic mass is 9.96. The van der Waals surface area contributed by atoms with Gasteiger partial charge < -0.3 is 14.7 Å². The Balaban J connectivity index is 0.00000288. The van der Waals surface area contributed by atoms with E-state index in [1.807, 2.05) is 0 Å². The van der Waals surface area contributed by atoms with Gasteiger partial charge in [-0.3, -0.25) is 0 Å². The van der Waals surface area contributed by atoms with Gasteiger partial charge in [-0.25, -0.2) is 0 Å². The van der Waals surface area contributed by atoms with E-state index in [2.05, 4.69) is 61.4 Å². The van der Waals surface area contributed by atoms with Crippen LogP contribution in [0.3, 0.4) is 0 Å². The summed E-state index contributed by atoms with van der Waals surface area (Å²) in [6.07, 6.45) is -0.274. The van der Waals surface area contributed by atoms with E-state index in [1.165, 1.54) is 10.4 Å². The molecule has 0 spiro atoms. The summed E-state index contributed by atoms with van der Waals surface area (Å²) in [6, 6.07) is 10.4. The molecule has 0 aliphatic carbocycles. The number of likely N-dealkylation sites (N-methyl/N-ethyl adjacent to an activating group) is 1. The van der Waals surface area contributed by atoms with Crippen molar-refractivity contribution < 1.29 is 9.84 Å². The standard InChI is InChI=1S/C19H27NO2S.ClH/c1-4-20(5-2)11-12-22-17(14-21)19-15(3)8-6-9-16(19)18-10-7-13-23-18;/h6-10,13,17,21H,4-5,11-12,14H2,1-3H3;1H. The second kappa shape index (κ2) is 10.9. The molecular formula is C19H28ClNO2S. The molecule has 1 heterocycles. The van der Waals surface area contributed by atoms with Crippen LogP contribution >= 0.6 is 23.7 Å². The first-order valence-electron chi connectivity index (χ1n) is 8.29. The van der Waals surface area contributed by atoms with Gasteiger partial charge in [-0.05, 0) is 48.2 Å². The van der Waals surface area contributed by atoms with Crippen LogP contribution < -0.4 is 0 Å². The van der Waals surface area contributed by atoms with Gasteiger partial charge >= 0.3 is 0 Å². The van der Waals surface area contributed by atoms with Gasteiger partial charge in [-0.1, -0.05) is 38.1 Å². The molecule has 2 rings (SSSR count). The molecule has 0 aliphatic heterocycles. The van der Waals surface area contributed by atoms with Gasteiger partial charge in [0.2, 0.25) is 0 Å². The number of thiophene rings is 1. The number of rotatable bonds is 9. The number of hydrogen-bond donors (Lipinski definition) is 1. The molecule has 1 N–H and O–H groups in total. The minimum absolute atomic E-state index is 0. The molecule has 3 nitrogen and oxygen atoms in total. The molecule has 0 saturated heterocycles. The molecule has 24 heavy (non-hydrogen) atoms. The molecule has 1 atom stereocenters. The molecule has 2 aromatic rings. The van der Waals surface area contributed by atoms with Crippen LogP contribution in [0.15, 0.2) is 35.7 Å². The Morgan fingerprint density at radius 2 is 1.92 bits per heavy atom. The summed E-state index contributed by atoms with van der Waals surface area (Å²) < 4.78 is 6.04. The summed E-state index contributed by atoms with van der Waals surface area (Å²) in [5.74, 6) is 0. The minimum atomic E-state index is -0.274. The number of nitrogens with zero attached hydrogens (tertiary/aromatic N) is 1. The highest BCUT2D eigenvalue weighted by atomic mass is 35.5. The van der Waals surface area contributed by atoms with Crippen molar-refractivity contribution in [3.8, 4) is 10.4 Å². The third-order valence-corrected chi connectivity index (χ3v) is 5.12. The lowest BCUT2D eigenvalue weighted by Crippen LogP contribution is -2.28. The topological polar surface area (TPSA) is 32.7 Å². The third-order valence-electron chi connectivity index (χ3n) is 4.22. The van der Waals surface area contributed by atoms with E-state index in [0.717, 1.165) is 30.8 Å². The number of hydrogen-bond acceptors (Lipinski definition) is 4. The zero-order valence-corrected chi connectivity index (χ0v) is 16.3. The van der Waals surface area contributed by atoms with Gasteiger partial charge in [-0.15, -0.1) is 23.7 Å². The van der Waals surface area contributed by atoms with Crippen LogP contribution in [0.25, 0.3) is 10.4 Å². The molecule has 0 radical (unpaired) electrons. The fraction of sp³-hybridized carbons (Fsp3) is 0.474. The van der Waals surface area contributed by atoms with Crippen LogP contribution in [0.2, 0.25) is 0 Å². The summed E-state index contributed by atoms with van der Waals surface area (Å²) in [5.41, 5.74) is 3.44. The Kier molecular flexibility index (Phi) is 9.56. The van der Waals surface area contributed by atoms with E-state index in [9.17, 15) is 5.11 Å². The van der Waals surface area contributed by atoms with Crippen LogP contribution in [0.1, 0.15) is 31.1 Å². The predicted molar refractivity (Wildman–Crippen MR) is 105 cm³/mol. The average Bonchev–Trinajstić information content (AvgIpc) is 3.10. The van der Waals surface area contributed by atoms with Crippen molar-refractivity contribution in [2.75, 3.05) is 32.8 Å². The SMILES string of the molecule is CCN(CC)CCOC(CO)c1c(C)cccc1-c1cccs1.Cl. The normalized spacial score (nSPS) is 12.2. The summed E-state index contributed by atoms with van der Waals surface area (Å²) >= 11 is 1.72. The maximum atomic E-state index is 9.87. The molecule has 5 heteroatoms. The highest BCUT2D eigenvalue weighted by Crippen LogP contribution is 2.34. The number of halogens is 1. The molecule has 1 aromatic carbocycles. The Morgan fingerprint density at radius 1 is 1.17 bits per heavy atom. The number of aliphatic hydroxyl groups is 1. The van der Waals surface area contributed by atoms with Crippen molar-refractivity contribution >= 4 is 23.7 Å². The van der Waals surface area contributed by atoms with Crippen molar-refractivity contribution in [2.24, 2.45) is 0 Å². The number of ether oxygens (including phenoxy) is 1. The van der Waals surface area contributed by atoms with Gasteiger partial charge in [0, 0.05) is 11.4 Å². The molecular weight excluding hydrogens is 342 g/mol. The van der Waals surface area contributed by atoms with E-state index in [0.29, 0.717) is 6.61 Å². The quantitative estimate of drug-likeness (QED) is 0.704. The van der Waals surface area contributed by atoms with E-state index < -0.39 is 0 Å². The van der Waals surface area contributed by atoms with Crippen molar-refractivity contribution in [3.63, 3.8) is 0 Å². The third kappa shape index (κ3) is 5.30. The number of aliphatic hydroxyl groups excluding tert-OH is 1. The molecule has 0 fully saturated rings. The van der Waals surface area contributed by atoms with Crippen molar-refractivity contribution in [2.45, 2.75) is 26.9 Å². The highest BCUT2D eigenvalue weighted by molar-refractivity contribution is 7.13. The van der Waals surface area contributed by atoms with Crippen LogP contribution in [0, 0.1) is 6.92 Å². The molecule has 1 unspecified atom stereocenters. The van der Waals surface area contributed by atoms with E-state index in [1.54, 1.807) is 11.3 Å². The zero-order valence-electron chi connectivity index (χ0n) is 14.7. The molecule has 0 aliphatic rings. The Bertz CT molecular complexity index is 585. The van der Waals surface area contributed by atoms with Crippen LogP contribution in [-0.2, 0) is 4.74 Å². The summed E-state index contributed by atoms with van der Waals surface area (Å²) in [5, 5.41) is 12.0. The second-order valence-corrected chi connectivity index (χ2v) is 6.53. The monoisotopic (exact) mass is 369 g/mol. The molecule has 1 aromatic heterocycles. The molecule has 134 valence electrons. The fourth-order valence-corrected chi connectivity index (χ4v) is 3.61. The maximum Gasteiger partial charge on any atom is 0.106 e. The molecule has 0 bridgehead atoms. The smallest absolute Gasteiger partial charge is 0.106 e. The fourth-order valence-electron chi connectivity index (χ4n) is 2.85. The predicted octanol–water partition coefficient (Wildman–Crippen LogP) is 4.54. The van der Waals surface area contributed by atoms with Crippen LogP contribution in [0.5, 0.6) is 0 Å². The van der Waals surface area contributed by atoms with E-state index in [-0.39, 0.29) is 25.1 Å². The van der Waals surface area contributed by atoms with Crippen LogP contribution in [0.4, 0.5) is 0 Å². The van der Waals surface area contributed by atoms with Crippen molar-refractivity contribution in [1.82, 2.24) is 4.90 Å². The Morgan fingerprint density at radius 3 is 2.50 bits per heavy atom. The van der Waals surface area contributed by atoms with Crippen molar-refractivity contribution in [3.05, 3.63) is 46.8 Å². The second-order valence-electron chi connectivity index (χ2n) is 5.58.